The Morgan fingerprint density at radius 3 is 2.52 bits per heavy atom. The summed E-state index contributed by atoms with van der Waals surface area (Å²) in [6, 6.07) is 3.50. The Morgan fingerprint density at radius 2 is 2.05 bits per heavy atom. The molecule has 0 spiro atoms. The summed E-state index contributed by atoms with van der Waals surface area (Å²) < 4.78 is 30.0. The van der Waals surface area contributed by atoms with E-state index in [1.54, 1.807) is 25.3 Å². The Bertz CT molecular complexity index is 686. The number of rotatable bonds is 3. The van der Waals surface area contributed by atoms with Gasteiger partial charge in [-0.05, 0) is 39.8 Å². The van der Waals surface area contributed by atoms with Crippen LogP contribution < -0.4 is 0 Å². The SMILES string of the molecule is C/C(=N\[S@@](=O)C(C)(C)C)c1ccc(-n2cc(F)cn2)nc1. The molecule has 0 N–H and O–H groups in total. The lowest BCUT2D eigenvalue weighted by Gasteiger charge is -2.14. The van der Waals surface area contributed by atoms with E-state index in [1.807, 2.05) is 20.8 Å². The highest BCUT2D eigenvalue weighted by atomic mass is 32.2. The van der Waals surface area contributed by atoms with Crippen LogP contribution in [-0.4, -0.2) is 29.4 Å². The second-order valence-electron chi connectivity index (χ2n) is 5.55. The average Bonchev–Trinajstić information content (AvgIpc) is 2.84. The van der Waals surface area contributed by atoms with E-state index in [2.05, 4.69) is 14.5 Å². The van der Waals surface area contributed by atoms with Crippen molar-refractivity contribution in [2.24, 2.45) is 4.40 Å². The largest absolute Gasteiger partial charge is 0.236 e. The van der Waals surface area contributed by atoms with Crippen LogP contribution in [0.2, 0.25) is 0 Å². The molecule has 2 aromatic rings. The fourth-order valence-corrected chi connectivity index (χ4v) is 2.10. The van der Waals surface area contributed by atoms with Crippen molar-refractivity contribution in [1.82, 2.24) is 14.8 Å². The molecule has 0 aliphatic carbocycles. The van der Waals surface area contributed by atoms with Gasteiger partial charge in [-0.2, -0.15) is 9.50 Å². The zero-order chi connectivity index (χ0) is 15.6. The summed E-state index contributed by atoms with van der Waals surface area (Å²) in [5, 5.41) is 3.84. The van der Waals surface area contributed by atoms with Gasteiger partial charge in [0.05, 0.1) is 22.9 Å². The van der Waals surface area contributed by atoms with E-state index >= 15 is 0 Å². The Balaban J connectivity index is 2.23. The van der Waals surface area contributed by atoms with E-state index in [0.29, 0.717) is 11.5 Å². The lowest BCUT2D eigenvalue weighted by Crippen LogP contribution is -2.20. The first-order valence-corrected chi connectivity index (χ1v) is 7.52. The van der Waals surface area contributed by atoms with Crippen molar-refractivity contribution in [2.45, 2.75) is 32.4 Å². The fourth-order valence-electron chi connectivity index (χ4n) is 1.48. The molecule has 0 aliphatic heterocycles. The molecule has 2 heterocycles. The molecule has 2 rings (SSSR count). The first-order valence-electron chi connectivity index (χ1n) is 6.41. The smallest absolute Gasteiger partial charge is 0.161 e. The fraction of sp³-hybridized carbons (Fsp3) is 0.357. The van der Waals surface area contributed by atoms with Gasteiger partial charge in [0.25, 0.3) is 0 Å². The highest BCUT2D eigenvalue weighted by Gasteiger charge is 2.19. The third-order valence-electron chi connectivity index (χ3n) is 2.70. The van der Waals surface area contributed by atoms with Gasteiger partial charge >= 0.3 is 0 Å². The second-order valence-corrected chi connectivity index (χ2v) is 7.45. The first kappa shape index (κ1) is 15.5. The summed E-state index contributed by atoms with van der Waals surface area (Å²) in [4.78, 5) is 4.21. The third-order valence-corrected chi connectivity index (χ3v) is 4.18. The van der Waals surface area contributed by atoms with Gasteiger partial charge in [-0.25, -0.2) is 18.3 Å². The summed E-state index contributed by atoms with van der Waals surface area (Å²) in [6.45, 7) is 7.39. The monoisotopic (exact) mass is 308 g/mol. The van der Waals surface area contributed by atoms with Gasteiger partial charge in [-0.1, -0.05) is 0 Å². The molecular weight excluding hydrogens is 291 g/mol. The molecular formula is C14H17FN4OS. The topological polar surface area (TPSA) is 60.1 Å². The van der Waals surface area contributed by atoms with E-state index in [-0.39, 0.29) is 0 Å². The number of halogens is 1. The normalized spacial score (nSPS) is 14.2. The number of aromatic nitrogens is 3. The van der Waals surface area contributed by atoms with Gasteiger partial charge < -0.3 is 0 Å². The Morgan fingerprint density at radius 1 is 1.33 bits per heavy atom. The quantitative estimate of drug-likeness (QED) is 0.819. The molecule has 0 aliphatic rings. The van der Waals surface area contributed by atoms with Gasteiger partial charge in [0.15, 0.2) is 11.6 Å². The van der Waals surface area contributed by atoms with Gasteiger partial charge in [0, 0.05) is 11.8 Å². The van der Waals surface area contributed by atoms with Crippen molar-refractivity contribution in [3.05, 3.63) is 42.1 Å². The molecule has 0 radical (unpaired) electrons. The molecule has 0 bridgehead atoms. The van der Waals surface area contributed by atoms with Crippen LogP contribution in [0.3, 0.4) is 0 Å². The molecule has 0 unspecified atom stereocenters. The average molecular weight is 308 g/mol. The third kappa shape index (κ3) is 3.81. The van der Waals surface area contributed by atoms with E-state index in [1.165, 1.54) is 10.9 Å². The Kier molecular flexibility index (Phi) is 4.32. The summed E-state index contributed by atoms with van der Waals surface area (Å²) >= 11 is 0. The summed E-state index contributed by atoms with van der Waals surface area (Å²) in [5.74, 6) is 0.0894. The van der Waals surface area contributed by atoms with E-state index < -0.39 is 21.5 Å². The van der Waals surface area contributed by atoms with Crippen molar-refractivity contribution in [3.8, 4) is 5.82 Å². The highest BCUT2D eigenvalue weighted by molar-refractivity contribution is 7.85. The molecule has 0 aromatic carbocycles. The minimum atomic E-state index is -1.31. The van der Waals surface area contributed by atoms with Gasteiger partial charge in [-0.3, -0.25) is 0 Å². The number of nitrogens with zero attached hydrogens (tertiary/aromatic N) is 4. The second kappa shape index (κ2) is 5.85. The first-order chi connectivity index (χ1) is 9.77. The van der Waals surface area contributed by atoms with E-state index in [4.69, 9.17) is 0 Å². The molecule has 2 aromatic heterocycles. The van der Waals surface area contributed by atoms with Crippen molar-refractivity contribution >= 4 is 16.7 Å². The van der Waals surface area contributed by atoms with Gasteiger partial charge in [-0.15, -0.1) is 0 Å². The summed E-state index contributed by atoms with van der Waals surface area (Å²) in [6.07, 6.45) is 3.97. The predicted molar refractivity (Wildman–Crippen MR) is 81.4 cm³/mol. The van der Waals surface area contributed by atoms with Crippen LogP contribution in [0, 0.1) is 5.82 Å². The van der Waals surface area contributed by atoms with Gasteiger partial charge in [0.2, 0.25) is 0 Å². The number of hydrogen-bond donors (Lipinski definition) is 0. The molecule has 0 fully saturated rings. The van der Waals surface area contributed by atoms with Crippen LogP contribution in [0.4, 0.5) is 4.39 Å². The van der Waals surface area contributed by atoms with Crippen LogP contribution in [0.15, 0.2) is 35.1 Å². The van der Waals surface area contributed by atoms with Crippen LogP contribution in [0.25, 0.3) is 5.82 Å². The zero-order valence-corrected chi connectivity index (χ0v) is 13.2. The molecule has 0 amide bonds. The number of pyridine rings is 1. The van der Waals surface area contributed by atoms with Crippen LogP contribution in [0.5, 0.6) is 0 Å². The van der Waals surface area contributed by atoms with E-state index in [0.717, 1.165) is 11.8 Å². The standard InChI is InChI=1S/C14H17FN4OS/c1-10(18-21(20)14(2,3)4)11-5-6-13(16-7-11)19-9-12(15)8-17-19/h5-9H,1-4H3/b18-10+/t21-/m0/s1. The van der Waals surface area contributed by atoms with Crippen LogP contribution in [0.1, 0.15) is 33.3 Å². The van der Waals surface area contributed by atoms with Crippen molar-refractivity contribution < 1.29 is 8.60 Å². The van der Waals surface area contributed by atoms with Crippen LogP contribution >= 0.6 is 0 Å². The zero-order valence-electron chi connectivity index (χ0n) is 12.4. The van der Waals surface area contributed by atoms with Crippen LogP contribution in [-0.2, 0) is 11.0 Å². The summed E-state index contributed by atoms with van der Waals surface area (Å²) in [7, 11) is -1.31. The highest BCUT2D eigenvalue weighted by Crippen LogP contribution is 2.14. The molecule has 0 saturated carbocycles. The maximum Gasteiger partial charge on any atom is 0.161 e. The summed E-state index contributed by atoms with van der Waals surface area (Å²) in [5.41, 5.74) is 1.41. The molecule has 7 heteroatoms. The minimum absolute atomic E-state index is 0.402. The Labute approximate surface area is 125 Å². The number of hydrogen-bond acceptors (Lipinski definition) is 3. The minimum Gasteiger partial charge on any atom is -0.236 e. The predicted octanol–water partition coefficient (Wildman–Crippen LogP) is 2.68. The molecule has 0 saturated heterocycles. The lowest BCUT2D eigenvalue weighted by atomic mass is 10.2. The Hall–Kier alpha value is -1.89. The van der Waals surface area contributed by atoms with Gasteiger partial charge in [0.1, 0.15) is 11.0 Å². The molecule has 112 valence electrons. The lowest BCUT2D eigenvalue weighted by molar-refractivity contribution is 0.627. The van der Waals surface area contributed by atoms with Crippen molar-refractivity contribution in [1.29, 1.82) is 0 Å². The van der Waals surface area contributed by atoms with E-state index in [9.17, 15) is 8.60 Å². The molecule has 5 nitrogen and oxygen atoms in total. The van der Waals surface area contributed by atoms with Crippen molar-refractivity contribution in [2.75, 3.05) is 0 Å². The molecule has 21 heavy (non-hydrogen) atoms. The maximum atomic E-state index is 12.9. The molecule has 1 atom stereocenters. The maximum absolute atomic E-state index is 12.9. The van der Waals surface area contributed by atoms with Crippen molar-refractivity contribution in [3.63, 3.8) is 0 Å².